The summed E-state index contributed by atoms with van der Waals surface area (Å²) < 4.78 is 12.3. The molecule has 0 atom stereocenters. The third kappa shape index (κ3) is 29.7. The Morgan fingerprint density at radius 3 is 1.23 bits per heavy atom. The predicted octanol–water partition coefficient (Wildman–Crippen LogP) is 5.37. The monoisotopic (exact) mass is 426 g/mol. The maximum Gasteiger partial charge on any atom is 0.127 e. The first kappa shape index (κ1) is 28.6. The normalized spacial score (nSPS) is 12.0. The number of hydrogen-bond acceptors (Lipinski definition) is 4. The summed E-state index contributed by atoms with van der Waals surface area (Å²) in [7, 11) is 0. The summed E-state index contributed by atoms with van der Waals surface area (Å²) in [4.78, 5) is 0. The van der Waals surface area contributed by atoms with Crippen LogP contribution in [0.5, 0.6) is 0 Å². The second-order valence-corrected chi connectivity index (χ2v) is 7.88. The van der Waals surface area contributed by atoms with Crippen LogP contribution in [0.2, 0.25) is 0 Å². The molecule has 0 aliphatic rings. The number of thiol groups is 6. The van der Waals surface area contributed by atoms with Gasteiger partial charge in [0.25, 0.3) is 0 Å². The molecule has 0 fully saturated rings. The van der Waals surface area contributed by atoms with Gasteiger partial charge in [-0.05, 0) is 37.2 Å². The van der Waals surface area contributed by atoms with Gasteiger partial charge in [0.05, 0.1) is 13.2 Å². The summed E-state index contributed by atoms with van der Waals surface area (Å²) in [5.74, 6) is 2.31. The van der Waals surface area contributed by atoms with Gasteiger partial charge in [-0.1, -0.05) is 27.7 Å². The maximum atomic E-state index is 5.26. The van der Waals surface area contributed by atoms with Gasteiger partial charge in [-0.15, -0.1) is 48.6 Å². The molecule has 0 aromatic heterocycles. The lowest BCUT2D eigenvalue weighted by atomic mass is 10.5. The topological polar surface area (TPSA) is 18.5 Å². The van der Waals surface area contributed by atoms with Gasteiger partial charge in [0, 0.05) is 0 Å². The zero-order valence-electron chi connectivity index (χ0n) is 14.2. The SMILES string of the molecule is CCCOC(S)=[SH]CCC.CCCOC(S)=[SH]CCC.SS. The van der Waals surface area contributed by atoms with E-state index in [2.05, 4.69) is 76.3 Å². The van der Waals surface area contributed by atoms with E-state index in [1.165, 1.54) is 35.5 Å². The van der Waals surface area contributed by atoms with Gasteiger partial charge in [0.1, 0.15) is 8.77 Å². The van der Waals surface area contributed by atoms with E-state index in [9.17, 15) is 0 Å². The van der Waals surface area contributed by atoms with Crippen molar-refractivity contribution >= 4 is 80.0 Å². The van der Waals surface area contributed by atoms with Crippen molar-refractivity contribution < 1.29 is 9.47 Å². The molecule has 0 aliphatic carbocycles. The number of ether oxygens (including phenoxy) is 2. The highest BCUT2D eigenvalue weighted by Gasteiger charge is 1.87. The fraction of sp³-hybridized carbons (Fsp3) is 0.857. The molecule has 8 heteroatoms. The summed E-state index contributed by atoms with van der Waals surface area (Å²) in [6, 6.07) is 0. The van der Waals surface area contributed by atoms with Gasteiger partial charge in [-0.3, -0.25) is 0 Å². The largest absolute Gasteiger partial charge is 0.335 e. The molecule has 0 rings (SSSR count). The summed E-state index contributed by atoms with van der Waals surface area (Å²) in [5, 5.41) is 0. The molecule has 0 aromatic rings. The van der Waals surface area contributed by atoms with E-state index >= 15 is 0 Å². The van der Waals surface area contributed by atoms with Gasteiger partial charge in [-0.25, -0.2) is 0 Å². The van der Waals surface area contributed by atoms with Crippen LogP contribution in [-0.2, 0) is 9.47 Å². The van der Waals surface area contributed by atoms with Gasteiger partial charge in [0.2, 0.25) is 0 Å². The third-order valence-corrected chi connectivity index (χ3v) is 5.06. The Morgan fingerprint density at radius 1 is 0.682 bits per heavy atom. The van der Waals surface area contributed by atoms with Crippen molar-refractivity contribution in [3.63, 3.8) is 0 Å². The molecule has 0 bridgehead atoms. The van der Waals surface area contributed by atoms with Crippen molar-refractivity contribution in [3.05, 3.63) is 0 Å². The first-order valence-electron chi connectivity index (χ1n) is 7.54. The molecular weight excluding hydrogens is 393 g/mol. The van der Waals surface area contributed by atoms with Gasteiger partial charge >= 0.3 is 0 Å². The minimum Gasteiger partial charge on any atom is -0.335 e. The molecule has 0 heterocycles. The third-order valence-electron chi connectivity index (χ3n) is 1.81. The fourth-order valence-corrected chi connectivity index (χ4v) is 2.87. The summed E-state index contributed by atoms with van der Waals surface area (Å²) in [6.07, 6.45) is 4.51. The molecule has 0 amide bonds. The van der Waals surface area contributed by atoms with Crippen LogP contribution < -0.4 is 0 Å². The molecule has 0 saturated carbocycles. The quantitative estimate of drug-likeness (QED) is 0.178. The number of rotatable bonds is 8. The number of hydrogen-bond donors (Lipinski definition) is 6. The molecule has 0 N–H and O–H groups in total. The molecular formula is C14H34O2S6. The Bertz CT molecular complexity index is 234. The van der Waals surface area contributed by atoms with Crippen LogP contribution in [0.3, 0.4) is 0 Å². The van der Waals surface area contributed by atoms with Crippen LogP contribution in [0.15, 0.2) is 0 Å². The van der Waals surface area contributed by atoms with Crippen molar-refractivity contribution in [1.29, 1.82) is 0 Å². The molecule has 0 unspecified atom stereocenters. The van der Waals surface area contributed by atoms with Crippen LogP contribution in [0.25, 0.3) is 0 Å². The fourth-order valence-electron chi connectivity index (χ4n) is 0.893. The Morgan fingerprint density at radius 2 is 1.00 bits per heavy atom. The Hall–Kier alpha value is 1.76. The lowest BCUT2D eigenvalue weighted by molar-refractivity contribution is 0.322. The zero-order valence-corrected chi connectivity index (χ0v) is 19.5. The molecule has 0 radical (unpaired) electrons. The van der Waals surface area contributed by atoms with E-state index in [4.69, 9.17) is 9.47 Å². The van der Waals surface area contributed by atoms with Crippen LogP contribution in [0.4, 0.5) is 0 Å². The van der Waals surface area contributed by atoms with Gasteiger partial charge < -0.3 is 9.47 Å². The molecule has 22 heavy (non-hydrogen) atoms. The highest BCUT2D eigenvalue weighted by atomic mass is 33.1. The molecule has 2 nitrogen and oxygen atoms in total. The van der Waals surface area contributed by atoms with Crippen molar-refractivity contribution in [3.8, 4) is 0 Å². The molecule has 138 valence electrons. The van der Waals surface area contributed by atoms with Crippen LogP contribution in [-0.4, -0.2) is 33.5 Å². The summed E-state index contributed by atoms with van der Waals surface area (Å²) >= 11 is 17.3. The van der Waals surface area contributed by atoms with Crippen LogP contribution >= 0.6 is 71.3 Å². The van der Waals surface area contributed by atoms with Crippen LogP contribution in [0, 0.1) is 0 Å². The highest BCUT2D eigenvalue weighted by molar-refractivity contribution is 8.59. The van der Waals surface area contributed by atoms with E-state index in [-0.39, 0.29) is 0 Å². The molecule has 0 aliphatic heterocycles. The minimum atomic E-state index is 0.801. The van der Waals surface area contributed by atoms with Crippen molar-refractivity contribution in [2.45, 2.75) is 53.4 Å². The molecule has 0 aromatic carbocycles. The van der Waals surface area contributed by atoms with E-state index in [1.54, 1.807) is 0 Å². The second-order valence-electron chi connectivity index (χ2n) is 4.03. The summed E-state index contributed by atoms with van der Waals surface area (Å²) in [5.41, 5.74) is 0. The van der Waals surface area contributed by atoms with Crippen LogP contribution in [0.1, 0.15) is 53.4 Å². The first-order valence-corrected chi connectivity index (χ1v) is 12.2. The molecule has 0 saturated heterocycles. The zero-order chi connectivity index (χ0) is 17.6. The lowest BCUT2D eigenvalue weighted by Crippen LogP contribution is -1.95. The Balaban J connectivity index is -0.000000294. The van der Waals surface area contributed by atoms with E-state index < -0.39 is 0 Å². The van der Waals surface area contributed by atoms with E-state index in [1.807, 2.05) is 0 Å². The maximum absolute atomic E-state index is 5.26. The van der Waals surface area contributed by atoms with Crippen molar-refractivity contribution in [2.24, 2.45) is 0 Å². The average molecular weight is 427 g/mol. The standard InChI is InChI=1S/2C7H16OS2.H2S2/c2*1-3-5-8-7(9)10-6-4-2;1-2/h2*9-10H,3-6H2,1-2H3;1-2H. The van der Waals surface area contributed by atoms with Gasteiger partial charge in [-0.2, -0.15) is 22.7 Å². The second kappa shape index (κ2) is 27.6. The average Bonchev–Trinajstić information content (AvgIpc) is 2.56. The lowest BCUT2D eigenvalue weighted by Gasteiger charge is -1.99. The molecule has 0 spiro atoms. The van der Waals surface area contributed by atoms with Crippen molar-refractivity contribution in [1.82, 2.24) is 0 Å². The van der Waals surface area contributed by atoms with Crippen molar-refractivity contribution in [2.75, 3.05) is 24.7 Å². The van der Waals surface area contributed by atoms with E-state index in [0.29, 0.717) is 0 Å². The van der Waals surface area contributed by atoms with Gasteiger partial charge in [0.15, 0.2) is 0 Å². The van der Waals surface area contributed by atoms with E-state index in [0.717, 1.165) is 46.3 Å². The predicted molar refractivity (Wildman–Crippen MR) is 127 cm³/mol. The Kier molecular flexibility index (Phi) is 35.8. The first-order chi connectivity index (χ1) is 10.6. The Labute approximate surface area is 166 Å². The summed E-state index contributed by atoms with van der Waals surface area (Å²) in [6.45, 7) is 10.1. The minimum absolute atomic E-state index is 0.801. The smallest absolute Gasteiger partial charge is 0.127 e. The highest BCUT2D eigenvalue weighted by Crippen LogP contribution is 2.00.